The minimum atomic E-state index is 0.125. The lowest BCUT2D eigenvalue weighted by molar-refractivity contribution is 0.0679. The number of amides is 1. The topological polar surface area (TPSA) is 47.4 Å². The highest BCUT2D eigenvalue weighted by Gasteiger charge is 2.26. The molecule has 1 fully saturated rings. The highest BCUT2D eigenvalue weighted by atomic mass is 16.5. The van der Waals surface area contributed by atoms with Gasteiger partial charge in [0.2, 0.25) is 0 Å². The fraction of sp³-hybridized carbons (Fsp3) is 0.412. The van der Waals surface area contributed by atoms with Crippen molar-refractivity contribution in [3.63, 3.8) is 0 Å². The van der Waals surface area contributed by atoms with E-state index >= 15 is 0 Å². The molecule has 1 aromatic carbocycles. The SMILES string of the molecule is O=C(c1ccc2c(c1)COC2)N1CCC[C@H](n2ccnc2)C1. The van der Waals surface area contributed by atoms with E-state index in [1.54, 1.807) is 6.20 Å². The summed E-state index contributed by atoms with van der Waals surface area (Å²) in [4.78, 5) is 18.8. The molecule has 0 aliphatic carbocycles. The summed E-state index contributed by atoms with van der Waals surface area (Å²) < 4.78 is 7.53. The van der Waals surface area contributed by atoms with Crippen molar-refractivity contribution >= 4 is 5.91 Å². The monoisotopic (exact) mass is 297 g/mol. The maximum Gasteiger partial charge on any atom is 0.253 e. The van der Waals surface area contributed by atoms with Gasteiger partial charge in [-0.15, -0.1) is 0 Å². The summed E-state index contributed by atoms with van der Waals surface area (Å²) in [5.41, 5.74) is 3.12. The van der Waals surface area contributed by atoms with Crippen LogP contribution in [0.15, 0.2) is 36.9 Å². The van der Waals surface area contributed by atoms with Gasteiger partial charge in [0.15, 0.2) is 0 Å². The summed E-state index contributed by atoms with van der Waals surface area (Å²) in [5.74, 6) is 0.125. The normalized spacial score (nSPS) is 20.9. The molecule has 1 saturated heterocycles. The zero-order valence-electron chi connectivity index (χ0n) is 12.4. The van der Waals surface area contributed by atoms with Gasteiger partial charge in [0.1, 0.15) is 0 Å². The molecule has 1 amide bonds. The lowest BCUT2D eigenvalue weighted by atomic mass is 10.0. The van der Waals surface area contributed by atoms with E-state index in [4.69, 9.17) is 4.74 Å². The fourth-order valence-corrected chi connectivity index (χ4v) is 3.36. The Hall–Kier alpha value is -2.14. The molecular formula is C17H19N3O2. The molecule has 4 rings (SSSR count). The number of rotatable bonds is 2. The van der Waals surface area contributed by atoms with Gasteiger partial charge in [-0.05, 0) is 36.1 Å². The van der Waals surface area contributed by atoms with E-state index in [0.29, 0.717) is 19.3 Å². The molecule has 0 N–H and O–H groups in total. The Morgan fingerprint density at radius 1 is 1.27 bits per heavy atom. The molecule has 2 aromatic rings. The Bertz CT molecular complexity index is 681. The van der Waals surface area contributed by atoms with Crippen molar-refractivity contribution in [2.45, 2.75) is 32.1 Å². The number of likely N-dealkylation sites (tertiary alicyclic amines) is 1. The summed E-state index contributed by atoms with van der Waals surface area (Å²) in [6.07, 6.45) is 7.73. The number of carbonyl (C=O) groups excluding carboxylic acids is 1. The Kier molecular flexibility index (Phi) is 3.42. The smallest absolute Gasteiger partial charge is 0.253 e. The summed E-state index contributed by atoms with van der Waals surface area (Å²) in [6, 6.07) is 6.27. The van der Waals surface area contributed by atoms with E-state index in [2.05, 4.69) is 9.55 Å². The third-order valence-electron chi connectivity index (χ3n) is 4.60. The molecule has 2 aliphatic heterocycles. The van der Waals surface area contributed by atoms with Gasteiger partial charge < -0.3 is 14.2 Å². The molecule has 1 atom stereocenters. The maximum absolute atomic E-state index is 12.8. The maximum atomic E-state index is 12.8. The molecule has 0 spiro atoms. The third kappa shape index (κ3) is 2.41. The summed E-state index contributed by atoms with van der Waals surface area (Å²) in [5, 5.41) is 0. The molecule has 0 radical (unpaired) electrons. The van der Waals surface area contributed by atoms with Crippen molar-refractivity contribution in [3.8, 4) is 0 Å². The first-order valence-electron chi connectivity index (χ1n) is 7.77. The molecule has 0 saturated carbocycles. The van der Waals surface area contributed by atoms with E-state index in [-0.39, 0.29) is 5.91 Å². The average Bonchev–Trinajstić information content (AvgIpc) is 3.25. The number of imidazole rings is 1. The largest absolute Gasteiger partial charge is 0.372 e. The van der Waals surface area contributed by atoms with Crippen molar-refractivity contribution in [1.29, 1.82) is 0 Å². The molecule has 1 aromatic heterocycles. The van der Waals surface area contributed by atoms with Crippen LogP contribution >= 0.6 is 0 Å². The van der Waals surface area contributed by atoms with Crippen LogP contribution in [0.2, 0.25) is 0 Å². The zero-order valence-corrected chi connectivity index (χ0v) is 12.4. The molecule has 114 valence electrons. The van der Waals surface area contributed by atoms with Crippen molar-refractivity contribution in [2.24, 2.45) is 0 Å². The Balaban J connectivity index is 1.52. The van der Waals surface area contributed by atoms with Gasteiger partial charge in [0, 0.05) is 31.0 Å². The van der Waals surface area contributed by atoms with E-state index in [9.17, 15) is 4.79 Å². The van der Waals surface area contributed by atoms with Crippen LogP contribution in [-0.4, -0.2) is 33.4 Å². The fourth-order valence-electron chi connectivity index (χ4n) is 3.36. The van der Waals surface area contributed by atoms with Crippen LogP contribution in [0.5, 0.6) is 0 Å². The van der Waals surface area contributed by atoms with Gasteiger partial charge >= 0.3 is 0 Å². The van der Waals surface area contributed by atoms with Crippen molar-refractivity contribution < 1.29 is 9.53 Å². The second-order valence-corrected chi connectivity index (χ2v) is 6.03. The van der Waals surface area contributed by atoms with E-state index in [0.717, 1.165) is 37.1 Å². The number of nitrogens with zero attached hydrogens (tertiary/aromatic N) is 3. The summed E-state index contributed by atoms with van der Waals surface area (Å²) in [7, 11) is 0. The Morgan fingerprint density at radius 3 is 3.05 bits per heavy atom. The van der Waals surface area contributed by atoms with Crippen LogP contribution < -0.4 is 0 Å². The number of ether oxygens (including phenoxy) is 1. The quantitative estimate of drug-likeness (QED) is 0.855. The predicted molar refractivity (Wildman–Crippen MR) is 81.3 cm³/mol. The number of fused-ring (bicyclic) bond motifs is 1. The molecule has 5 nitrogen and oxygen atoms in total. The van der Waals surface area contributed by atoms with Gasteiger partial charge in [0.05, 0.1) is 25.6 Å². The lowest BCUT2D eigenvalue weighted by Gasteiger charge is -2.33. The number of hydrogen-bond donors (Lipinski definition) is 0. The number of benzene rings is 1. The standard InChI is InChI=1S/C17H19N3O2/c21-17(13-3-4-14-10-22-11-15(14)8-13)19-6-1-2-16(9-19)20-7-5-18-12-20/h3-5,7-8,12,16H,1-2,6,9-11H2/t16-/m0/s1. The van der Waals surface area contributed by atoms with Crippen molar-refractivity contribution in [1.82, 2.24) is 14.5 Å². The Morgan fingerprint density at radius 2 is 2.18 bits per heavy atom. The number of carbonyl (C=O) groups is 1. The van der Waals surface area contributed by atoms with Gasteiger partial charge in [-0.2, -0.15) is 0 Å². The van der Waals surface area contributed by atoms with Gasteiger partial charge in [0.25, 0.3) is 5.91 Å². The molecule has 0 bridgehead atoms. The first-order chi connectivity index (χ1) is 10.8. The molecule has 5 heteroatoms. The summed E-state index contributed by atoms with van der Waals surface area (Å²) >= 11 is 0. The van der Waals surface area contributed by atoms with Crippen LogP contribution in [0.4, 0.5) is 0 Å². The second-order valence-electron chi connectivity index (χ2n) is 6.03. The van der Waals surface area contributed by atoms with E-state index in [1.165, 1.54) is 5.56 Å². The van der Waals surface area contributed by atoms with Crippen LogP contribution in [0.25, 0.3) is 0 Å². The first-order valence-corrected chi connectivity index (χ1v) is 7.77. The van der Waals surface area contributed by atoms with Crippen LogP contribution in [0, 0.1) is 0 Å². The number of aromatic nitrogens is 2. The molecule has 22 heavy (non-hydrogen) atoms. The summed E-state index contributed by atoms with van der Waals surface area (Å²) in [6.45, 7) is 2.87. The van der Waals surface area contributed by atoms with Crippen LogP contribution in [-0.2, 0) is 18.0 Å². The van der Waals surface area contributed by atoms with Crippen molar-refractivity contribution in [2.75, 3.05) is 13.1 Å². The highest BCUT2D eigenvalue weighted by molar-refractivity contribution is 5.94. The number of piperidine rings is 1. The van der Waals surface area contributed by atoms with Crippen molar-refractivity contribution in [3.05, 3.63) is 53.6 Å². The van der Waals surface area contributed by atoms with E-state index < -0.39 is 0 Å². The zero-order chi connectivity index (χ0) is 14.9. The Labute approximate surface area is 129 Å². The molecule has 0 unspecified atom stereocenters. The first kappa shape index (κ1) is 13.5. The third-order valence-corrected chi connectivity index (χ3v) is 4.60. The second kappa shape index (κ2) is 5.57. The van der Waals surface area contributed by atoms with Gasteiger partial charge in [-0.1, -0.05) is 6.07 Å². The molecule has 2 aliphatic rings. The highest BCUT2D eigenvalue weighted by Crippen LogP contribution is 2.25. The lowest BCUT2D eigenvalue weighted by Crippen LogP contribution is -2.40. The average molecular weight is 297 g/mol. The van der Waals surface area contributed by atoms with Gasteiger partial charge in [-0.25, -0.2) is 4.98 Å². The van der Waals surface area contributed by atoms with E-state index in [1.807, 2.05) is 35.6 Å². The van der Waals surface area contributed by atoms with Crippen LogP contribution in [0.3, 0.4) is 0 Å². The molecular weight excluding hydrogens is 278 g/mol. The number of hydrogen-bond acceptors (Lipinski definition) is 3. The minimum Gasteiger partial charge on any atom is -0.372 e. The minimum absolute atomic E-state index is 0.125. The van der Waals surface area contributed by atoms with Gasteiger partial charge in [-0.3, -0.25) is 4.79 Å². The predicted octanol–water partition coefficient (Wildman–Crippen LogP) is 2.39. The molecule has 3 heterocycles. The van der Waals surface area contributed by atoms with Crippen LogP contribution in [0.1, 0.15) is 40.4 Å².